The van der Waals surface area contributed by atoms with Gasteiger partial charge in [0.05, 0.1) is 77.8 Å². The van der Waals surface area contributed by atoms with Crippen LogP contribution in [0.1, 0.15) is 122 Å². The van der Waals surface area contributed by atoms with Crippen molar-refractivity contribution in [3.8, 4) is 0 Å². The predicted molar refractivity (Wildman–Crippen MR) is 339 cm³/mol. The van der Waals surface area contributed by atoms with E-state index < -0.39 is 0 Å². The molecule has 12 rings (SSSR count). The van der Waals surface area contributed by atoms with Crippen molar-refractivity contribution in [1.82, 2.24) is 29.9 Å². The fourth-order valence-corrected chi connectivity index (χ4v) is 10.9. The van der Waals surface area contributed by atoms with Crippen LogP contribution in [0.4, 0.5) is 26.3 Å². The van der Waals surface area contributed by atoms with Gasteiger partial charge in [0.25, 0.3) is 0 Å². The van der Waals surface area contributed by atoms with Gasteiger partial charge < -0.3 is 0 Å². The van der Waals surface area contributed by atoms with Crippen molar-refractivity contribution in [2.45, 2.75) is 132 Å². The van der Waals surface area contributed by atoms with Crippen molar-refractivity contribution < 1.29 is 26.3 Å². The van der Waals surface area contributed by atoms with Crippen molar-refractivity contribution in [3.05, 3.63) is 174 Å². The van der Waals surface area contributed by atoms with E-state index in [4.69, 9.17) is 0 Å². The summed E-state index contributed by atoms with van der Waals surface area (Å²) in [6.45, 7) is 36.6. The third-order valence-corrected chi connectivity index (χ3v) is 15.1. The molecule has 0 aliphatic carbocycles. The van der Waals surface area contributed by atoms with E-state index in [1.54, 1.807) is 98.0 Å². The molecule has 79 heavy (non-hydrogen) atoms. The number of aromatic nitrogens is 6. The summed E-state index contributed by atoms with van der Waals surface area (Å²) in [5.41, 5.74) is 19.5. The van der Waals surface area contributed by atoms with E-state index in [1.807, 2.05) is 115 Å². The highest BCUT2D eigenvalue weighted by molar-refractivity contribution is 7.18. The van der Waals surface area contributed by atoms with Crippen LogP contribution >= 0.6 is 68.0 Å². The molecular formula is C61H74F6N6S6. The molecule has 0 unspecified atom stereocenters. The lowest BCUT2D eigenvalue weighted by atomic mass is 10.1. The number of hydrogen-bond donors (Lipinski definition) is 0. The second-order valence-electron chi connectivity index (χ2n) is 14.9. The Hall–Kier alpha value is -5.76. The SMILES string of the molecule is CC.CC.CC.CC.CC.CC.Cc1cc(F)c2ncsc2c1.Cc1cc2ncsc2c(C)c1F.Cc1cc2ncsc2cc1F.Cc1ccc(F)c2ncsc12.Cc1ccc2ncsc2c1F.Cc1ccc2scnc2c1F. The van der Waals surface area contributed by atoms with Gasteiger partial charge in [-0.25, -0.2) is 56.2 Å². The maximum Gasteiger partial charge on any atom is 0.153 e. The number of hydrogen-bond acceptors (Lipinski definition) is 12. The van der Waals surface area contributed by atoms with Gasteiger partial charge in [-0.15, -0.1) is 68.0 Å². The van der Waals surface area contributed by atoms with Crippen LogP contribution in [0.3, 0.4) is 0 Å². The summed E-state index contributed by atoms with van der Waals surface area (Å²) in [7, 11) is 0. The summed E-state index contributed by atoms with van der Waals surface area (Å²) in [5.74, 6) is -1.03. The first-order chi connectivity index (χ1) is 38.1. The van der Waals surface area contributed by atoms with Gasteiger partial charge in [-0.3, -0.25) is 0 Å². The Balaban J connectivity index is 0.000000456. The van der Waals surface area contributed by atoms with E-state index in [0.717, 1.165) is 51.2 Å². The van der Waals surface area contributed by atoms with E-state index in [1.165, 1.54) is 86.2 Å². The molecule has 12 aromatic rings. The van der Waals surface area contributed by atoms with Crippen molar-refractivity contribution in [1.29, 1.82) is 0 Å². The molecule has 0 bridgehead atoms. The Morgan fingerprint density at radius 2 is 0.759 bits per heavy atom. The number of nitrogens with zero attached hydrogens (tertiary/aromatic N) is 6. The van der Waals surface area contributed by atoms with Crippen LogP contribution < -0.4 is 0 Å². The minimum Gasteiger partial charge on any atom is -0.245 e. The first-order valence-corrected chi connectivity index (χ1v) is 31.3. The van der Waals surface area contributed by atoms with Crippen LogP contribution in [-0.4, -0.2) is 29.9 Å². The van der Waals surface area contributed by atoms with Crippen molar-refractivity contribution in [2.24, 2.45) is 0 Å². The van der Waals surface area contributed by atoms with Crippen LogP contribution in [0.15, 0.2) is 99.8 Å². The van der Waals surface area contributed by atoms with Gasteiger partial charge in [0, 0.05) is 5.56 Å². The fourth-order valence-electron chi connectivity index (χ4n) is 6.38. The molecule has 6 aromatic carbocycles. The average Bonchev–Trinajstić information content (AvgIpc) is 4.37. The van der Waals surface area contributed by atoms with Crippen LogP contribution in [0.5, 0.6) is 0 Å². The van der Waals surface area contributed by atoms with Crippen molar-refractivity contribution in [3.63, 3.8) is 0 Å². The first kappa shape index (κ1) is 71.3. The largest absolute Gasteiger partial charge is 0.245 e. The third-order valence-electron chi connectivity index (χ3n) is 10.0. The van der Waals surface area contributed by atoms with E-state index in [2.05, 4.69) is 29.9 Å². The van der Waals surface area contributed by atoms with Crippen LogP contribution in [0.2, 0.25) is 0 Å². The highest BCUT2D eigenvalue weighted by Gasteiger charge is 2.10. The second-order valence-corrected chi connectivity index (χ2v) is 20.1. The number of fused-ring (bicyclic) bond motifs is 6. The zero-order valence-corrected chi connectivity index (χ0v) is 53.6. The van der Waals surface area contributed by atoms with Gasteiger partial charge in [-0.05, 0) is 130 Å². The lowest BCUT2D eigenvalue weighted by molar-refractivity contribution is 0.612. The molecule has 0 aliphatic rings. The lowest BCUT2D eigenvalue weighted by Crippen LogP contribution is -1.87. The predicted octanol–water partition coefficient (Wildman–Crippen LogP) is 22.9. The summed E-state index contributed by atoms with van der Waals surface area (Å²) in [5, 5.41) is 0. The number of benzene rings is 6. The summed E-state index contributed by atoms with van der Waals surface area (Å²) >= 11 is 8.69. The highest BCUT2D eigenvalue weighted by Crippen LogP contribution is 2.28. The van der Waals surface area contributed by atoms with Gasteiger partial charge in [-0.1, -0.05) is 101 Å². The molecule has 0 aliphatic heterocycles. The molecule has 0 saturated heterocycles. The minimum atomic E-state index is -0.230. The molecule has 6 nitrogen and oxygen atoms in total. The van der Waals surface area contributed by atoms with Crippen LogP contribution in [0, 0.1) is 83.4 Å². The van der Waals surface area contributed by atoms with E-state index in [0.29, 0.717) is 49.1 Å². The molecule has 0 fully saturated rings. The Kier molecular flexibility index (Phi) is 34.3. The molecule has 18 heteroatoms. The van der Waals surface area contributed by atoms with Gasteiger partial charge in [-0.2, -0.15) is 0 Å². The molecular weight excluding hydrogens is 1120 g/mol. The maximum absolute atomic E-state index is 13.3. The average molecular weight is 1200 g/mol. The molecule has 0 saturated carbocycles. The van der Waals surface area contributed by atoms with Gasteiger partial charge in [0.1, 0.15) is 39.8 Å². The molecule has 0 radical (unpaired) electrons. The Morgan fingerprint density at radius 1 is 0.291 bits per heavy atom. The normalized spacial score (nSPS) is 9.58. The van der Waals surface area contributed by atoms with Crippen LogP contribution in [0.25, 0.3) is 61.3 Å². The number of thiazole rings is 6. The smallest absolute Gasteiger partial charge is 0.153 e. The van der Waals surface area contributed by atoms with Crippen molar-refractivity contribution in [2.75, 3.05) is 0 Å². The first-order valence-electron chi connectivity index (χ1n) is 26.0. The minimum absolute atomic E-state index is 0.105. The number of halogens is 6. The van der Waals surface area contributed by atoms with Crippen molar-refractivity contribution >= 4 is 129 Å². The summed E-state index contributed by atoms with van der Waals surface area (Å²) < 4.78 is 83.9. The monoisotopic (exact) mass is 1200 g/mol. The van der Waals surface area contributed by atoms with Gasteiger partial charge >= 0.3 is 0 Å². The van der Waals surface area contributed by atoms with Crippen LogP contribution in [-0.2, 0) is 0 Å². The number of aryl methyl sites for hydroxylation is 7. The highest BCUT2D eigenvalue weighted by atomic mass is 32.1. The summed E-state index contributed by atoms with van der Waals surface area (Å²) in [6.07, 6.45) is 0. The topological polar surface area (TPSA) is 77.3 Å². The van der Waals surface area contributed by atoms with E-state index >= 15 is 0 Å². The Bertz CT molecular complexity index is 3480. The van der Waals surface area contributed by atoms with E-state index in [9.17, 15) is 26.3 Å². The molecule has 6 heterocycles. The maximum atomic E-state index is 13.3. The lowest BCUT2D eigenvalue weighted by Gasteiger charge is -2.00. The standard InChI is InChI=1S/C9H8FNS.5C8H6FNS.6C2H6/c1-5-3-7-9(12-4-11-7)6(2)8(5)10;1-5-2-7-8(3-6(5)9)11-4-10-7;1-5-2-6(9)8-7(3-5)11-4-10-8;1-5-2-3-6(9)7-8(5)11-4-10-7;1-5-2-3-6-8(7(5)9)10-4-11-6;1-5-2-3-6-8(7(5)9)11-4-10-6;6*1-2/h3-4H,1-2H3;5*2-4H,1H3;6*1-2H3. The van der Waals surface area contributed by atoms with Gasteiger partial charge in [0.15, 0.2) is 11.6 Å². The Labute approximate surface area is 487 Å². The second kappa shape index (κ2) is 38.0. The Morgan fingerprint density at radius 3 is 1.41 bits per heavy atom. The molecule has 6 aromatic heterocycles. The van der Waals surface area contributed by atoms with Gasteiger partial charge in [0.2, 0.25) is 0 Å². The zero-order valence-electron chi connectivity index (χ0n) is 48.7. The molecule has 0 amide bonds. The number of rotatable bonds is 0. The van der Waals surface area contributed by atoms with E-state index in [-0.39, 0.29) is 34.9 Å². The fraction of sp³-hybridized carbons (Fsp3) is 0.311. The molecule has 426 valence electrons. The summed E-state index contributed by atoms with van der Waals surface area (Å²) in [6, 6.07) is 19.0. The summed E-state index contributed by atoms with van der Waals surface area (Å²) in [4.78, 5) is 24.0. The molecule has 0 atom stereocenters. The third kappa shape index (κ3) is 20.1. The quantitative estimate of drug-likeness (QED) is 0.141. The zero-order chi connectivity index (χ0) is 59.9. The molecule has 0 spiro atoms. The molecule has 0 N–H and O–H groups in total.